The molecule has 0 saturated heterocycles. The third-order valence-corrected chi connectivity index (χ3v) is 2.63. The predicted molar refractivity (Wildman–Crippen MR) is 70.7 cm³/mol. The fourth-order valence-corrected chi connectivity index (χ4v) is 1.49. The summed E-state index contributed by atoms with van der Waals surface area (Å²) in [5, 5.41) is 0. The minimum absolute atomic E-state index is 0.00409. The molecule has 0 aliphatic rings. The Morgan fingerprint density at radius 1 is 1.59 bits per heavy atom. The second-order valence-corrected chi connectivity index (χ2v) is 5.15. The van der Waals surface area contributed by atoms with Crippen molar-refractivity contribution in [2.45, 2.75) is 33.3 Å². The molecule has 1 atom stereocenters. The molecule has 0 spiro atoms. The number of ether oxygens (including phenoxy) is 1. The Balaban J connectivity index is 4.15. The largest absolute Gasteiger partial charge is 0.368 e. The first kappa shape index (κ1) is 16.1. The highest BCUT2D eigenvalue weighted by molar-refractivity contribution is 5.80. The van der Waals surface area contributed by atoms with Crippen LogP contribution in [0.2, 0.25) is 0 Å². The average molecular weight is 242 g/mol. The summed E-state index contributed by atoms with van der Waals surface area (Å²) in [6, 6.07) is 0. The molecule has 2 N–H and O–H groups in total. The molecular weight excluding hydrogens is 216 g/mol. The van der Waals surface area contributed by atoms with Gasteiger partial charge < -0.3 is 15.4 Å². The maximum absolute atomic E-state index is 12.0. The van der Waals surface area contributed by atoms with Crippen LogP contribution < -0.4 is 5.73 Å². The smallest absolute Gasteiger partial charge is 0.251 e. The van der Waals surface area contributed by atoms with Crippen LogP contribution in [-0.2, 0) is 9.53 Å². The van der Waals surface area contributed by atoms with Crippen LogP contribution in [0.3, 0.4) is 0 Å². The molecule has 0 radical (unpaired) electrons. The molecule has 0 bridgehead atoms. The van der Waals surface area contributed by atoms with Crippen molar-refractivity contribution in [3.63, 3.8) is 0 Å². The molecule has 0 aromatic heterocycles. The summed E-state index contributed by atoms with van der Waals surface area (Å²) in [5.74, 6) is -0.00409. The molecule has 0 rings (SSSR count). The second kappa shape index (κ2) is 7.45. The van der Waals surface area contributed by atoms with Crippen LogP contribution in [0.4, 0.5) is 0 Å². The number of rotatable bonds is 8. The first-order valence-corrected chi connectivity index (χ1v) is 6.01. The van der Waals surface area contributed by atoms with Gasteiger partial charge in [0.2, 0.25) is 0 Å². The number of likely N-dealkylation sites (N-methyl/N-ethyl adjacent to an activating group) is 1. The lowest BCUT2D eigenvalue weighted by Gasteiger charge is -2.30. The van der Waals surface area contributed by atoms with Gasteiger partial charge in [-0.3, -0.25) is 4.79 Å². The number of nitrogens with two attached hydrogens (primary N) is 1. The Hall–Kier alpha value is -0.870. The van der Waals surface area contributed by atoms with E-state index in [1.165, 1.54) is 0 Å². The maximum Gasteiger partial charge on any atom is 0.251 e. The molecule has 0 aliphatic carbocycles. The summed E-state index contributed by atoms with van der Waals surface area (Å²) in [7, 11) is 1.78. The number of hydrogen-bond acceptors (Lipinski definition) is 3. The molecule has 4 nitrogen and oxygen atoms in total. The van der Waals surface area contributed by atoms with Gasteiger partial charge in [-0.25, -0.2) is 0 Å². The van der Waals surface area contributed by atoms with Crippen molar-refractivity contribution in [3.05, 3.63) is 12.7 Å². The van der Waals surface area contributed by atoms with Gasteiger partial charge in [-0.2, -0.15) is 0 Å². The average Bonchev–Trinajstić information content (AvgIpc) is 2.27. The van der Waals surface area contributed by atoms with Crippen LogP contribution in [0.5, 0.6) is 0 Å². The van der Waals surface area contributed by atoms with Gasteiger partial charge in [-0.15, -0.1) is 6.58 Å². The fourth-order valence-electron chi connectivity index (χ4n) is 1.49. The number of amides is 1. The molecule has 0 saturated carbocycles. The highest BCUT2D eigenvalue weighted by Crippen LogP contribution is 2.14. The van der Waals surface area contributed by atoms with Crippen LogP contribution in [0.25, 0.3) is 0 Å². The van der Waals surface area contributed by atoms with Crippen LogP contribution in [0, 0.1) is 5.41 Å². The molecule has 1 amide bonds. The molecular formula is C13H26N2O2. The van der Waals surface area contributed by atoms with Gasteiger partial charge in [-0.05, 0) is 25.3 Å². The first-order chi connectivity index (χ1) is 7.84. The topological polar surface area (TPSA) is 55.6 Å². The molecule has 100 valence electrons. The minimum Gasteiger partial charge on any atom is -0.368 e. The van der Waals surface area contributed by atoms with E-state index in [2.05, 4.69) is 6.58 Å². The lowest BCUT2D eigenvalue weighted by molar-refractivity contribution is -0.142. The van der Waals surface area contributed by atoms with Gasteiger partial charge in [0.05, 0.1) is 6.61 Å². The second-order valence-electron chi connectivity index (χ2n) is 5.15. The van der Waals surface area contributed by atoms with E-state index >= 15 is 0 Å². The molecule has 4 heteroatoms. The Bertz CT molecular complexity index is 252. The van der Waals surface area contributed by atoms with Crippen LogP contribution in [-0.4, -0.2) is 43.7 Å². The van der Waals surface area contributed by atoms with E-state index in [9.17, 15) is 4.79 Å². The zero-order valence-corrected chi connectivity index (χ0v) is 11.5. The molecule has 0 aliphatic heterocycles. The molecule has 0 heterocycles. The number of nitrogens with zero attached hydrogens (tertiary/aromatic N) is 1. The quantitative estimate of drug-likeness (QED) is 0.517. The van der Waals surface area contributed by atoms with Crippen molar-refractivity contribution in [1.82, 2.24) is 4.90 Å². The standard InChI is InChI=1S/C13H26N2O2/c1-6-7-8-17-11(2)12(16)15(5)10-13(3,4)9-14/h6,11H,1,7-10,14H2,2-5H3. The highest BCUT2D eigenvalue weighted by Gasteiger charge is 2.24. The van der Waals surface area contributed by atoms with E-state index in [1.54, 1.807) is 24.9 Å². The van der Waals surface area contributed by atoms with Crippen molar-refractivity contribution in [1.29, 1.82) is 0 Å². The van der Waals surface area contributed by atoms with Gasteiger partial charge >= 0.3 is 0 Å². The number of hydrogen-bond donors (Lipinski definition) is 1. The SMILES string of the molecule is C=CCCOC(C)C(=O)N(C)CC(C)(C)CN. The van der Waals surface area contributed by atoms with E-state index < -0.39 is 6.10 Å². The summed E-state index contributed by atoms with van der Waals surface area (Å²) in [6.45, 7) is 11.2. The summed E-state index contributed by atoms with van der Waals surface area (Å²) >= 11 is 0. The lowest BCUT2D eigenvalue weighted by Crippen LogP contribution is -2.43. The summed E-state index contributed by atoms with van der Waals surface area (Å²) in [5.41, 5.74) is 5.58. The Kier molecular flexibility index (Phi) is 7.07. The van der Waals surface area contributed by atoms with Crippen LogP contribution in [0.1, 0.15) is 27.2 Å². The Morgan fingerprint density at radius 3 is 2.65 bits per heavy atom. The number of carbonyl (C=O) groups excluding carboxylic acids is 1. The van der Waals surface area contributed by atoms with Crippen LogP contribution >= 0.6 is 0 Å². The van der Waals surface area contributed by atoms with E-state index in [0.29, 0.717) is 19.7 Å². The van der Waals surface area contributed by atoms with E-state index in [-0.39, 0.29) is 11.3 Å². The van der Waals surface area contributed by atoms with E-state index in [4.69, 9.17) is 10.5 Å². The molecule has 17 heavy (non-hydrogen) atoms. The fraction of sp³-hybridized carbons (Fsp3) is 0.769. The van der Waals surface area contributed by atoms with Crippen molar-refractivity contribution in [3.8, 4) is 0 Å². The van der Waals surface area contributed by atoms with Crippen molar-refractivity contribution in [2.75, 3.05) is 26.7 Å². The van der Waals surface area contributed by atoms with E-state index in [0.717, 1.165) is 6.42 Å². The zero-order chi connectivity index (χ0) is 13.5. The van der Waals surface area contributed by atoms with Gasteiger partial charge in [-0.1, -0.05) is 19.9 Å². The summed E-state index contributed by atoms with van der Waals surface area (Å²) < 4.78 is 5.42. The first-order valence-electron chi connectivity index (χ1n) is 6.01. The van der Waals surface area contributed by atoms with Crippen molar-refractivity contribution < 1.29 is 9.53 Å². The molecule has 0 fully saturated rings. The summed E-state index contributed by atoms with van der Waals surface area (Å²) in [4.78, 5) is 13.7. The Morgan fingerprint density at radius 2 is 2.18 bits per heavy atom. The normalized spacial score (nSPS) is 13.2. The predicted octanol–water partition coefficient (Wildman–Crippen LogP) is 1.41. The zero-order valence-electron chi connectivity index (χ0n) is 11.5. The third kappa shape index (κ3) is 6.44. The Labute approximate surface area is 105 Å². The van der Waals surface area contributed by atoms with Gasteiger partial charge in [0, 0.05) is 13.6 Å². The highest BCUT2D eigenvalue weighted by atomic mass is 16.5. The van der Waals surface area contributed by atoms with Gasteiger partial charge in [0.1, 0.15) is 6.10 Å². The lowest BCUT2D eigenvalue weighted by atomic mass is 9.93. The van der Waals surface area contributed by atoms with Crippen molar-refractivity contribution >= 4 is 5.91 Å². The van der Waals surface area contributed by atoms with Crippen LogP contribution in [0.15, 0.2) is 12.7 Å². The molecule has 0 aromatic carbocycles. The third-order valence-electron chi connectivity index (χ3n) is 2.63. The molecule has 1 unspecified atom stereocenters. The minimum atomic E-state index is -0.409. The van der Waals surface area contributed by atoms with Gasteiger partial charge in [0.25, 0.3) is 5.91 Å². The summed E-state index contributed by atoms with van der Waals surface area (Å²) in [6.07, 6.45) is 2.13. The maximum atomic E-state index is 12.0. The van der Waals surface area contributed by atoms with Gasteiger partial charge in [0.15, 0.2) is 0 Å². The monoisotopic (exact) mass is 242 g/mol. The van der Waals surface area contributed by atoms with E-state index in [1.807, 2.05) is 13.8 Å². The molecule has 0 aromatic rings. The van der Waals surface area contributed by atoms with Crippen molar-refractivity contribution in [2.24, 2.45) is 11.1 Å². The number of carbonyl (C=O) groups is 1.